The minimum Gasteiger partial charge on any atom is -0.493 e. The maximum atomic E-state index is 13.5. The van der Waals surface area contributed by atoms with Crippen molar-refractivity contribution in [3.05, 3.63) is 71.5 Å². The molecule has 10 heteroatoms. The van der Waals surface area contributed by atoms with Crippen molar-refractivity contribution in [3.8, 4) is 22.6 Å². The minimum absolute atomic E-state index is 0.135. The largest absolute Gasteiger partial charge is 0.493 e. The summed E-state index contributed by atoms with van der Waals surface area (Å²) in [6.45, 7) is -0.287. The number of rotatable bonds is 4. The average Bonchev–Trinajstić information content (AvgIpc) is 2.76. The number of anilines is 1. The van der Waals surface area contributed by atoms with Crippen LogP contribution in [0.15, 0.2) is 59.5 Å². The van der Waals surface area contributed by atoms with E-state index in [2.05, 4.69) is 0 Å². The Kier molecular flexibility index (Phi) is 5.28. The summed E-state index contributed by atoms with van der Waals surface area (Å²) in [7, 11) is -1.57. The molecule has 1 aliphatic heterocycles. The SMILES string of the molecule is COc1cc2c(cc1OC)S(=O)(=O)N(Cc1ccc(F)cc1)c1cc(C(F)(F)F)ccc1-2. The molecular formula is C22H17F4NO4S. The summed E-state index contributed by atoms with van der Waals surface area (Å²) in [5.41, 5.74) is -0.238. The van der Waals surface area contributed by atoms with Gasteiger partial charge in [-0.05, 0) is 35.9 Å². The van der Waals surface area contributed by atoms with E-state index in [1.165, 1.54) is 44.6 Å². The zero-order valence-electron chi connectivity index (χ0n) is 16.9. The molecular weight excluding hydrogens is 450 g/mol. The molecule has 3 aromatic carbocycles. The fourth-order valence-electron chi connectivity index (χ4n) is 3.60. The van der Waals surface area contributed by atoms with Crippen LogP contribution in [0.4, 0.5) is 23.2 Å². The molecule has 0 spiro atoms. The highest BCUT2D eigenvalue weighted by molar-refractivity contribution is 7.93. The highest BCUT2D eigenvalue weighted by Gasteiger charge is 2.39. The van der Waals surface area contributed by atoms with Crippen LogP contribution in [0.3, 0.4) is 0 Å². The standard InChI is InChI=1S/C22H17F4NO4S/c1-30-19-10-17-16-8-5-14(22(24,25)26)9-18(16)27(12-13-3-6-15(23)7-4-13)32(28,29)21(17)11-20(19)31-2/h3-11H,12H2,1-2H3. The number of sulfonamides is 1. The molecule has 3 aromatic rings. The van der Waals surface area contributed by atoms with E-state index < -0.39 is 27.6 Å². The van der Waals surface area contributed by atoms with Gasteiger partial charge in [-0.15, -0.1) is 0 Å². The first-order chi connectivity index (χ1) is 15.1. The molecule has 0 aliphatic carbocycles. The number of nitrogens with zero attached hydrogens (tertiary/aromatic N) is 1. The summed E-state index contributed by atoms with van der Waals surface area (Å²) in [6.07, 6.45) is -4.67. The molecule has 0 aromatic heterocycles. The van der Waals surface area contributed by atoms with Crippen LogP contribution in [0.1, 0.15) is 11.1 Å². The highest BCUT2D eigenvalue weighted by atomic mass is 32.2. The van der Waals surface area contributed by atoms with Crippen LogP contribution in [-0.4, -0.2) is 22.6 Å². The van der Waals surface area contributed by atoms with Crippen molar-refractivity contribution in [1.82, 2.24) is 0 Å². The van der Waals surface area contributed by atoms with E-state index in [0.29, 0.717) is 5.56 Å². The Labute approximate surface area is 181 Å². The second-order valence-electron chi connectivity index (χ2n) is 7.07. The van der Waals surface area contributed by atoms with Crippen molar-refractivity contribution in [2.45, 2.75) is 17.6 Å². The van der Waals surface area contributed by atoms with E-state index in [-0.39, 0.29) is 39.8 Å². The lowest BCUT2D eigenvalue weighted by atomic mass is 9.99. The number of hydrogen-bond donors (Lipinski definition) is 0. The van der Waals surface area contributed by atoms with Gasteiger partial charge in [-0.1, -0.05) is 18.2 Å². The van der Waals surface area contributed by atoms with Gasteiger partial charge in [0.25, 0.3) is 10.0 Å². The third-order valence-corrected chi connectivity index (χ3v) is 6.98. The molecule has 1 aliphatic rings. The lowest BCUT2D eigenvalue weighted by Crippen LogP contribution is -2.34. The van der Waals surface area contributed by atoms with Gasteiger partial charge in [-0.25, -0.2) is 12.8 Å². The molecule has 0 saturated carbocycles. The Morgan fingerprint density at radius 2 is 1.50 bits per heavy atom. The average molecular weight is 467 g/mol. The third-order valence-electron chi connectivity index (χ3n) is 5.18. The third kappa shape index (κ3) is 3.64. The second-order valence-corrected chi connectivity index (χ2v) is 8.90. The first-order valence-corrected chi connectivity index (χ1v) is 10.7. The van der Waals surface area contributed by atoms with E-state index >= 15 is 0 Å². The molecule has 0 radical (unpaired) electrons. The Hall–Kier alpha value is -3.27. The summed E-state index contributed by atoms with van der Waals surface area (Å²) < 4.78 is 92.0. The first kappa shape index (κ1) is 21.9. The van der Waals surface area contributed by atoms with Crippen LogP contribution >= 0.6 is 0 Å². The number of benzene rings is 3. The van der Waals surface area contributed by atoms with E-state index in [9.17, 15) is 26.0 Å². The van der Waals surface area contributed by atoms with Gasteiger partial charge in [0.15, 0.2) is 11.5 Å². The van der Waals surface area contributed by atoms with E-state index in [1.54, 1.807) is 0 Å². The normalized spacial score (nSPS) is 14.5. The molecule has 0 bridgehead atoms. The van der Waals surface area contributed by atoms with E-state index in [0.717, 1.165) is 28.6 Å². The topological polar surface area (TPSA) is 55.8 Å². The maximum absolute atomic E-state index is 13.5. The van der Waals surface area contributed by atoms with Crippen LogP contribution in [0.5, 0.6) is 11.5 Å². The van der Waals surface area contributed by atoms with Crippen molar-refractivity contribution in [1.29, 1.82) is 0 Å². The van der Waals surface area contributed by atoms with Gasteiger partial charge in [-0.3, -0.25) is 4.31 Å². The summed E-state index contributed by atoms with van der Waals surface area (Å²) in [4.78, 5) is -0.135. The summed E-state index contributed by atoms with van der Waals surface area (Å²) in [5, 5.41) is 0. The molecule has 0 amide bonds. The monoisotopic (exact) mass is 467 g/mol. The lowest BCUT2D eigenvalue weighted by Gasteiger charge is -2.33. The number of fused-ring (bicyclic) bond motifs is 3. The van der Waals surface area contributed by atoms with Gasteiger partial charge in [-0.2, -0.15) is 13.2 Å². The number of hydrogen-bond acceptors (Lipinski definition) is 4. The number of alkyl halides is 3. The quantitative estimate of drug-likeness (QED) is 0.493. The molecule has 0 fully saturated rings. The second kappa shape index (κ2) is 7.70. The first-order valence-electron chi connectivity index (χ1n) is 9.31. The zero-order valence-corrected chi connectivity index (χ0v) is 17.7. The van der Waals surface area contributed by atoms with Crippen molar-refractivity contribution < 1.29 is 35.5 Å². The molecule has 32 heavy (non-hydrogen) atoms. The molecule has 5 nitrogen and oxygen atoms in total. The van der Waals surface area contributed by atoms with Crippen LogP contribution < -0.4 is 13.8 Å². The molecule has 0 N–H and O–H groups in total. The predicted molar refractivity (Wildman–Crippen MR) is 110 cm³/mol. The zero-order chi connectivity index (χ0) is 23.3. The highest BCUT2D eigenvalue weighted by Crippen LogP contribution is 2.49. The van der Waals surface area contributed by atoms with Gasteiger partial charge < -0.3 is 9.47 Å². The Morgan fingerprint density at radius 1 is 0.875 bits per heavy atom. The molecule has 4 rings (SSSR count). The van der Waals surface area contributed by atoms with Gasteiger partial charge in [0.1, 0.15) is 5.82 Å². The van der Waals surface area contributed by atoms with Gasteiger partial charge in [0.2, 0.25) is 0 Å². The fraction of sp³-hybridized carbons (Fsp3) is 0.182. The summed E-state index contributed by atoms with van der Waals surface area (Å²) in [5.74, 6) is -0.122. The molecule has 1 heterocycles. The van der Waals surface area contributed by atoms with Gasteiger partial charge in [0.05, 0.1) is 36.9 Å². The van der Waals surface area contributed by atoms with Crippen LogP contribution in [0, 0.1) is 5.82 Å². The minimum atomic E-state index is -4.67. The van der Waals surface area contributed by atoms with Gasteiger partial charge >= 0.3 is 6.18 Å². The Bertz CT molecular complexity index is 1290. The van der Waals surface area contributed by atoms with E-state index in [1.807, 2.05) is 0 Å². The molecule has 0 saturated heterocycles. The Balaban J connectivity index is 1.99. The van der Waals surface area contributed by atoms with Crippen LogP contribution in [-0.2, 0) is 22.7 Å². The fourth-order valence-corrected chi connectivity index (χ4v) is 5.27. The van der Waals surface area contributed by atoms with Crippen LogP contribution in [0.25, 0.3) is 11.1 Å². The van der Waals surface area contributed by atoms with Crippen LogP contribution in [0.2, 0.25) is 0 Å². The maximum Gasteiger partial charge on any atom is 0.416 e. The summed E-state index contributed by atoms with van der Waals surface area (Å²) >= 11 is 0. The van der Waals surface area contributed by atoms with Crippen molar-refractivity contribution in [2.75, 3.05) is 18.5 Å². The number of halogens is 4. The van der Waals surface area contributed by atoms with E-state index in [4.69, 9.17) is 9.47 Å². The summed E-state index contributed by atoms with van der Waals surface area (Å²) in [6, 6.07) is 10.7. The smallest absolute Gasteiger partial charge is 0.416 e. The van der Waals surface area contributed by atoms with Crippen molar-refractivity contribution in [3.63, 3.8) is 0 Å². The van der Waals surface area contributed by atoms with Crippen molar-refractivity contribution >= 4 is 15.7 Å². The number of methoxy groups -OCH3 is 2. The predicted octanol–water partition coefficient (Wildman–Crippen LogP) is 5.24. The van der Waals surface area contributed by atoms with Gasteiger partial charge in [0, 0.05) is 17.2 Å². The molecule has 0 atom stereocenters. The Morgan fingerprint density at radius 3 is 2.09 bits per heavy atom. The lowest BCUT2D eigenvalue weighted by molar-refractivity contribution is -0.137. The molecule has 168 valence electrons. The molecule has 0 unspecified atom stereocenters. The number of ether oxygens (including phenoxy) is 2. The van der Waals surface area contributed by atoms with Crippen molar-refractivity contribution in [2.24, 2.45) is 0 Å².